The number of rotatable bonds is 4. The van der Waals surface area contributed by atoms with E-state index in [1.165, 1.54) is 12.8 Å². The van der Waals surface area contributed by atoms with E-state index in [1.807, 2.05) is 16.6 Å². The first-order valence-electron chi connectivity index (χ1n) is 9.46. The summed E-state index contributed by atoms with van der Waals surface area (Å²) in [6.45, 7) is 1.67. The van der Waals surface area contributed by atoms with Gasteiger partial charge < -0.3 is 10.2 Å². The topological polar surface area (TPSA) is 88.3 Å². The molecule has 27 heavy (non-hydrogen) atoms. The summed E-state index contributed by atoms with van der Waals surface area (Å²) in [5.41, 5.74) is 1.38. The van der Waals surface area contributed by atoms with Crippen molar-refractivity contribution in [1.29, 1.82) is 0 Å². The SMILES string of the molecule is O=C(NC1CCCN(c2ccc3nnc(C4CC4)n3n2)C1)c1cccnc1. The van der Waals surface area contributed by atoms with Crippen molar-refractivity contribution in [2.24, 2.45) is 0 Å². The molecule has 1 amide bonds. The summed E-state index contributed by atoms with van der Waals surface area (Å²) < 4.78 is 1.88. The van der Waals surface area contributed by atoms with Crippen molar-refractivity contribution in [3.63, 3.8) is 0 Å². The Morgan fingerprint density at radius 2 is 2.07 bits per heavy atom. The quantitative estimate of drug-likeness (QED) is 0.760. The second kappa shape index (κ2) is 6.61. The number of pyridine rings is 1. The molecule has 1 aliphatic heterocycles. The van der Waals surface area contributed by atoms with Crippen LogP contribution in [-0.4, -0.2) is 49.8 Å². The molecule has 0 spiro atoms. The van der Waals surface area contributed by atoms with Gasteiger partial charge in [0, 0.05) is 37.4 Å². The lowest BCUT2D eigenvalue weighted by atomic mass is 10.1. The number of nitrogens with one attached hydrogen (secondary N) is 1. The predicted molar refractivity (Wildman–Crippen MR) is 99.7 cm³/mol. The normalized spacial score (nSPS) is 20.0. The van der Waals surface area contributed by atoms with Crippen LogP contribution in [0.4, 0.5) is 5.82 Å². The number of amides is 1. The molecule has 1 saturated carbocycles. The van der Waals surface area contributed by atoms with E-state index in [1.54, 1.807) is 24.5 Å². The Hall–Kier alpha value is -3.03. The molecular formula is C19H21N7O. The largest absolute Gasteiger partial charge is 0.353 e. The Labute approximate surface area is 156 Å². The highest BCUT2D eigenvalue weighted by atomic mass is 16.1. The summed E-state index contributed by atoms with van der Waals surface area (Å²) in [6.07, 6.45) is 7.57. The zero-order valence-electron chi connectivity index (χ0n) is 15.0. The van der Waals surface area contributed by atoms with Gasteiger partial charge in [0.2, 0.25) is 0 Å². The van der Waals surface area contributed by atoms with Crippen molar-refractivity contribution in [3.8, 4) is 0 Å². The highest BCUT2D eigenvalue weighted by Gasteiger charge is 2.30. The van der Waals surface area contributed by atoms with Gasteiger partial charge in [0.05, 0.1) is 5.56 Å². The van der Waals surface area contributed by atoms with E-state index in [0.717, 1.165) is 43.2 Å². The zero-order valence-corrected chi connectivity index (χ0v) is 15.0. The Morgan fingerprint density at radius 3 is 2.89 bits per heavy atom. The van der Waals surface area contributed by atoms with Crippen LogP contribution in [0.2, 0.25) is 0 Å². The summed E-state index contributed by atoms with van der Waals surface area (Å²) in [5, 5.41) is 16.4. The van der Waals surface area contributed by atoms with Gasteiger partial charge in [-0.15, -0.1) is 15.3 Å². The lowest BCUT2D eigenvalue weighted by Gasteiger charge is -2.33. The Kier molecular flexibility index (Phi) is 3.95. The third-order valence-corrected chi connectivity index (χ3v) is 5.22. The minimum atomic E-state index is -0.0757. The average Bonchev–Trinajstić information content (AvgIpc) is 3.47. The van der Waals surface area contributed by atoms with E-state index in [0.29, 0.717) is 11.5 Å². The molecular weight excluding hydrogens is 342 g/mol. The third kappa shape index (κ3) is 3.22. The lowest BCUT2D eigenvalue weighted by Crippen LogP contribution is -2.48. The molecule has 1 unspecified atom stereocenters. The number of anilines is 1. The summed E-state index contributed by atoms with van der Waals surface area (Å²) >= 11 is 0. The number of piperidine rings is 1. The number of aromatic nitrogens is 5. The average molecular weight is 363 g/mol. The van der Waals surface area contributed by atoms with Crippen molar-refractivity contribution in [2.75, 3.05) is 18.0 Å². The van der Waals surface area contributed by atoms with Crippen molar-refractivity contribution in [3.05, 3.63) is 48.0 Å². The van der Waals surface area contributed by atoms with E-state index in [-0.39, 0.29) is 11.9 Å². The van der Waals surface area contributed by atoms with Gasteiger partial charge in [0.15, 0.2) is 11.5 Å². The van der Waals surface area contributed by atoms with Crippen LogP contribution >= 0.6 is 0 Å². The van der Waals surface area contributed by atoms with Crippen LogP contribution in [0.3, 0.4) is 0 Å². The Morgan fingerprint density at radius 1 is 1.15 bits per heavy atom. The van der Waals surface area contributed by atoms with Crippen LogP contribution in [0, 0.1) is 0 Å². The van der Waals surface area contributed by atoms with E-state index < -0.39 is 0 Å². The van der Waals surface area contributed by atoms with Crippen LogP contribution in [0.25, 0.3) is 5.65 Å². The molecule has 3 aromatic rings. The number of hydrogen-bond donors (Lipinski definition) is 1. The molecule has 8 heteroatoms. The van der Waals surface area contributed by atoms with Crippen molar-refractivity contribution >= 4 is 17.4 Å². The fraction of sp³-hybridized carbons (Fsp3) is 0.421. The maximum atomic E-state index is 12.4. The van der Waals surface area contributed by atoms with Gasteiger partial charge in [-0.1, -0.05) is 0 Å². The summed E-state index contributed by atoms with van der Waals surface area (Å²) in [4.78, 5) is 18.7. The van der Waals surface area contributed by atoms with Crippen molar-refractivity contribution < 1.29 is 4.79 Å². The molecule has 2 fully saturated rings. The highest BCUT2D eigenvalue weighted by Crippen LogP contribution is 2.38. The summed E-state index contributed by atoms with van der Waals surface area (Å²) in [7, 11) is 0. The van der Waals surface area contributed by atoms with Gasteiger partial charge in [-0.2, -0.15) is 4.52 Å². The maximum absolute atomic E-state index is 12.4. The molecule has 5 rings (SSSR count). The molecule has 2 aliphatic rings. The molecule has 1 aliphatic carbocycles. The van der Waals surface area contributed by atoms with Crippen LogP contribution in [-0.2, 0) is 0 Å². The number of carbonyl (C=O) groups is 1. The minimum Gasteiger partial charge on any atom is -0.353 e. The van der Waals surface area contributed by atoms with E-state index in [9.17, 15) is 4.79 Å². The van der Waals surface area contributed by atoms with Gasteiger partial charge in [-0.25, -0.2) is 0 Å². The van der Waals surface area contributed by atoms with Gasteiger partial charge >= 0.3 is 0 Å². The van der Waals surface area contributed by atoms with E-state index >= 15 is 0 Å². The van der Waals surface area contributed by atoms with Gasteiger partial charge in [0.1, 0.15) is 5.82 Å². The first-order valence-corrected chi connectivity index (χ1v) is 9.46. The standard InChI is InChI=1S/C19H21N7O/c27-19(14-3-1-9-20-11-14)21-15-4-2-10-25(12-15)17-8-7-16-22-23-18(13-5-6-13)26(16)24-17/h1,3,7-9,11,13,15H,2,4-6,10,12H2,(H,21,27). The number of carbonyl (C=O) groups excluding carboxylic acids is 1. The van der Waals surface area contributed by atoms with Crippen molar-refractivity contribution in [1.82, 2.24) is 30.1 Å². The molecule has 4 heterocycles. The Bertz CT molecular complexity index is 967. The first-order chi connectivity index (χ1) is 13.3. The second-order valence-corrected chi connectivity index (χ2v) is 7.29. The first kappa shape index (κ1) is 16.2. The number of hydrogen-bond acceptors (Lipinski definition) is 6. The van der Waals surface area contributed by atoms with E-state index in [2.05, 4.69) is 25.4 Å². The maximum Gasteiger partial charge on any atom is 0.253 e. The smallest absolute Gasteiger partial charge is 0.253 e. The fourth-order valence-corrected chi connectivity index (χ4v) is 3.63. The predicted octanol–water partition coefficient (Wildman–Crippen LogP) is 1.80. The Balaban J connectivity index is 1.32. The van der Waals surface area contributed by atoms with Crippen LogP contribution < -0.4 is 10.2 Å². The van der Waals surface area contributed by atoms with Crippen LogP contribution in [0.1, 0.15) is 47.8 Å². The minimum absolute atomic E-state index is 0.0757. The molecule has 0 bridgehead atoms. The van der Waals surface area contributed by atoms with Gasteiger partial charge in [-0.05, 0) is 49.9 Å². The number of nitrogens with zero attached hydrogens (tertiary/aromatic N) is 6. The molecule has 138 valence electrons. The van der Waals surface area contributed by atoms with E-state index in [4.69, 9.17) is 5.10 Å². The summed E-state index contributed by atoms with van der Waals surface area (Å²) in [6, 6.07) is 7.61. The summed E-state index contributed by atoms with van der Waals surface area (Å²) in [5.74, 6) is 2.29. The van der Waals surface area contributed by atoms with Gasteiger partial charge in [-0.3, -0.25) is 9.78 Å². The lowest BCUT2D eigenvalue weighted by molar-refractivity contribution is 0.0932. The molecule has 1 saturated heterocycles. The second-order valence-electron chi connectivity index (χ2n) is 7.29. The molecule has 1 N–H and O–H groups in total. The third-order valence-electron chi connectivity index (χ3n) is 5.22. The molecule has 0 aromatic carbocycles. The molecule has 0 radical (unpaired) electrons. The monoisotopic (exact) mass is 363 g/mol. The van der Waals surface area contributed by atoms with Crippen LogP contribution in [0.5, 0.6) is 0 Å². The fourth-order valence-electron chi connectivity index (χ4n) is 3.63. The highest BCUT2D eigenvalue weighted by molar-refractivity contribution is 5.94. The van der Waals surface area contributed by atoms with Crippen LogP contribution in [0.15, 0.2) is 36.7 Å². The van der Waals surface area contributed by atoms with Crippen molar-refractivity contribution in [2.45, 2.75) is 37.6 Å². The molecule has 8 nitrogen and oxygen atoms in total. The zero-order chi connectivity index (χ0) is 18.2. The van der Waals surface area contributed by atoms with Gasteiger partial charge in [0.25, 0.3) is 5.91 Å². The molecule has 3 aromatic heterocycles. The molecule has 1 atom stereocenters. The number of fused-ring (bicyclic) bond motifs is 1.